The molecule has 0 aromatic heterocycles. The lowest BCUT2D eigenvalue weighted by atomic mass is 9.96. The van der Waals surface area contributed by atoms with E-state index in [2.05, 4.69) is 0 Å². The van der Waals surface area contributed by atoms with Crippen LogP contribution in [0.15, 0.2) is 18.2 Å². The van der Waals surface area contributed by atoms with Gasteiger partial charge in [-0.3, -0.25) is 4.79 Å². The molecule has 122 valence electrons. The van der Waals surface area contributed by atoms with Gasteiger partial charge in [0.2, 0.25) is 0 Å². The second-order valence-corrected chi connectivity index (χ2v) is 5.72. The number of benzene rings is 1. The highest BCUT2D eigenvalue weighted by Crippen LogP contribution is 2.29. The molecule has 1 fully saturated rings. The molecular formula is C17H26N2O3. The van der Waals surface area contributed by atoms with E-state index in [-0.39, 0.29) is 18.0 Å². The van der Waals surface area contributed by atoms with Gasteiger partial charge in [0.15, 0.2) is 11.5 Å². The fraction of sp³-hybridized carbons (Fsp3) is 0.588. The molecule has 1 amide bonds. The molecule has 0 saturated carbocycles. The number of rotatable bonds is 5. The molecular weight excluding hydrogens is 280 g/mol. The predicted octanol–water partition coefficient (Wildman–Crippen LogP) is 2.44. The van der Waals surface area contributed by atoms with Gasteiger partial charge in [0.05, 0.1) is 13.7 Å². The largest absolute Gasteiger partial charge is 0.493 e. The second kappa shape index (κ2) is 7.49. The Labute approximate surface area is 132 Å². The number of amides is 1. The highest BCUT2D eigenvalue weighted by molar-refractivity contribution is 5.95. The Hall–Kier alpha value is -1.75. The summed E-state index contributed by atoms with van der Waals surface area (Å²) in [6.07, 6.45) is 3.13. The van der Waals surface area contributed by atoms with Crippen LogP contribution in [-0.2, 0) is 0 Å². The van der Waals surface area contributed by atoms with Crippen LogP contribution < -0.4 is 15.2 Å². The molecule has 1 aliphatic heterocycles. The topological polar surface area (TPSA) is 64.8 Å². The third-order valence-electron chi connectivity index (χ3n) is 4.13. The van der Waals surface area contributed by atoms with Gasteiger partial charge in [0.1, 0.15) is 0 Å². The first-order valence-corrected chi connectivity index (χ1v) is 7.95. The molecule has 1 heterocycles. The van der Waals surface area contributed by atoms with E-state index in [1.165, 1.54) is 0 Å². The molecule has 0 aliphatic carbocycles. The van der Waals surface area contributed by atoms with Crippen molar-refractivity contribution in [2.24, 2.45) is 5.73 Å². The van der Waals surface area contributed by atoms with Crippen LogP contribution >= 0.6 is 0 Å². The lowest BCUT2D eigenvalue weighted by Crippen LogP contribution is -2.51. The van der Waals surface area contributed by atoms with Crippen LogP contribution in [0.3, 0.4) is 0 Å². The Bertz CT molecular complexity index is 517. The number of hydrogen-bond donors (Lipinski definition) is 1. The number of nitrogens with two attached hydrogens (primary N) is 1. The van der Waals surface area contributed by atoms with Crippen LogP contribution in [-0.4, -0.2) is 43.2 Å². The number of ether oxygens (including phenoxy) is 2. The summed E-state index contributed by atoms with van der Waals surface area (Å²) in [4.78, 5) is 14.7. The van der Waals surface area contributed by atoms with E-state index in [0.717, 1.165) is 25.8 Å². The summed E-state index contributed by atoms with van der Waals surface area (Å²) in [6.45, 7) is 5.21. The van der Waals surface area contributed by atoms with Crippen molar-refractivity contribution in [1.82, 2.24) is 4.90 Å². The van der Waals surface area contributed by atoms with Crippen molar-refractivity contribution >= 4 is 5.91 Å². The maximum atomic E-state index is 12.8. The molecule has 5 heteroatoms. The van der Waals surface area contributed by atoms with Crippen molar-refractivity contribution in [2.75, 3.05) is 20.3 Å². The van der Waals surface area contributed by atoms with E-state index in [0.29, 0.717) is 23.7 Å². The molecule has 0 radical (unpaired) electrons. The number of hydrogen-bond acceptors (Lipinski definition) is 4. The molecule has 1 saturated heterocycles. The summed E-state index contributed by atoms with van der Waals surface area (Å²) >= 11 is 0. The second-order valence-electron chi connectivity index (χ2n) is 5.72. The van der Waals surface area contributed by atoms with E-state index >= 15 is 0 Å². The van der Waals surface area contributed by atoms with Crippen LogP contribution in [0.1, 0.15) is 43.5 Å². The van der Waals surface area contributed by atoms with Crippen molar-refractivity contribution in [3.63, 3.8) is 0 Å². The number of piperidine rings is 1. The first-order chi connectivity index (χ1) is 10.6. The standard InChI is InChI=1S/C17H26N2O3/c1-4-22-15-9-8-13(11-16(15)21-3)17(20)19-10-6-5-7-14(19)12(2)18/h8-9,11-12,14H,4-7,10,18H2,1-3H3/t12-,14-/m0/s1. The van der Waals surface area contributed by atoms with E-state index in [1.54, 1.807) is 25.3 Å². The predicted molar refractivity (Wildman–Crippen MR) is 86.5 cm³/mol. The minimum atomic E-state index is -0.0196. The van der Waals surface area contributed by atoms with Crippen molar-refractivity contribution in [1.29, 1.82) is 0 Å². The fourth-order valence-electron chi connectivity index (χ4n) is 3.00. The normalized spacial score (nSPS) is 19.6. The first kappa shape index (κ1) is 16.6. The van der Waals surface area contributed by atoms with Gasteiger partial charge < -0.3 is 20.1 Å². The van der Waals surface area contributed by atoms with Crippen molar-refractivity contribution in [3.8, 4) is 11.5 Å². The molecule has 22 heavy (non-hydrogen) atoms. The molecule has 1 aromatic rings. The summed E-state index contributed by atoms with van der Waals surface area (Å²) < 4.78 is 10.8. The summed E-state index contributed by atoms with van der Waals surface area (Å²) in [5.74, 6) is 1.26. The fourth-order valence-corrected chi connectivity index (χ4v) is 3.00. The van der Waals surface area contributed by atoms with Crippen LogP contribution in [0.4, 0.5) is 0 Å². The monoisotopic (exact) mass is 306 g/mol. The van der Waals surface area contributed by atoms with Crippen LogP contribution in [0.2, 0.25) is 0 Å². The highest BCUT2D eigenvalue weighted by atomic mass is 16.5. The number of likely N-dealkylation sites (tertiary alicyclic amines) is 1. The van der Waals surface area contributed by atoms with Crippen LogP contribution in [0, 0.1) is 0 Å². The van der Waals surface area contributed by atoms with Crippen molar-refractivity contribution in [2.45, 2.75) is 45.2 Å². The van der Waals surface area contributed by atoms with Crippen molar-refractivity contribution in [3.05, 3.63) is 23.8 Å². The minimum absolute atomic E-state index is 0.0170. The Morgan fingerprint density at radius 2 is 2.18 bits per heavy atom. The number of nitrogens with zero attached hydrogens (tertiary/aromatic N) is 1. The molecule has 0 spiro atoms. The highest BCUT2D eigenvalue weighted by Gasteiger charge is 2.30. The third-order valence-corrected chi connectivity index (χ3v) is 4.13. The van der Waals surface area contributed by atoms with E-state index in [4.69, 9.17) is 15.2 Å². The van der Waals surface area contributed by atoms with E-state index < -0.39 is 0 Å². The summed E-state index contributed by atoms with van der Waals surface area (Å²) in [5.41, 5.74) is 6.67. The Balaban J connectivity index is 2.24. The molecule has 1 aliphatic rings. The average molecular weight is 306 g/mol. The molecule has 0 bridgehead atoms. The zero-order valence-corrected chi connectivity index (χ0v) is 13.7. The van der Waals surface area contributed by atoms with E-state index in [1.807, 2.05) is 18.7 Å². The Morgan fingerprint density at radius 3 is 2.82 bits per heavy atom. The summed E-state index contributed by atoms with van der Waals surface area (Å²) in [5, 5.41) is 0. The van der Waals surface area contributed by atoms with Crippen molar-refractivity contribution < 1.29 is 14.3 Å². The maximum absolute atomic E-state index is 12.8. The zero-order valence-electron chi connectivity index (χ0n) is 13.7. The lowest BCUT2D eigenvalue weighted by Gasteiger charge is -2.38. The molecule has 1 aromatic carbocycles. The van der Waals surface area contributed by atoms with Gasteiger partial charge in [-0.25, -0.2) is 0 Å². The molecule has 2 atom stereocenters. The van der Waals surface area contributed by atoms with Gasteiger partial charge in [-0.05, 0) is 51.3 Å². The maximum Gasteiger partial charge on any atom is 0.254 e. The molecule has 0 unspecified atom stereocenters. The number of methoxy groups -OCH3 is 1. The smallest absolute Gasteiger partial charge is 0.254 e. The molecule has 2 N–H and O–H groups in total. The van der Waals surface area contributed by atoms with Gasteiger partial charge in [-0.1, -0.05) is 0 Å². The van der Waals surface area contributed by atoms with Gasteiger partial charge in [-0.2, -0.15) is 0 Å². The SMILES string of the molecule is CCOc1ccc(C(=O)N2CCCC[C@H]2[C@H](C)N)cc1OC. The van der Waals surface area contributed by atoms with Crippen LogP contribution in [0.5, 0.6) is 11.5 Å². The quantitative estimate of drug-likeness (QED) is 0.907. The van der Waals surface area contributed by atoms with Crippen LogP contribution in [0.25, 0.3) is 0 Å². The van der Waals surface area contributed by atoms with Gasteiger partial charge in [-0.15, -0.1) is 0 Å². The lowest BCUT2D eigenvalue weighted by molar-refractivity contribution is 0.0583. The molecule has 2 rings (SSSR count). The average Bonchev–Trinajstić information content (AvgIpc) is 2.54. The Morgan fingerprint density at radius 1 is 1.41 bits per heavy atom. The zero-order chi connectivity index (χ0) is 16.1. The number of carbonyl (C=O) groups excluding carboxylic acids is 1. The summed E-state index contributed by atoms with van der Waals surface area (Å²) in [7, 11) is 1.58. The molecule has 5 nitrogen and oxygen atoms in total. The van der Waals surface area contributed by atoms with Gasteiger partial charge >= 0.3 is 0 Å². The third kappa shape index (κ3) is 3.53. The number of carbonyl (C=O) groups is 1. The van der Waals surface area contributed by atoms with Gasteiger partial charge in [0.25, 0.3) is 5.91 Å². The van der Waals surface area contributed by atoms with Gasteiger partial charge in [0, 0.05) is 24.2 Å². The summed E-state index contributed by atoms with van der Waals surface area (Å²) in [6, 6.07) is 5.43. The Kier molecular flexibility index (Phi) is 5.66. The van der Waals surface area contributed by atoms with E-state index in [9.17, 15) is 4.79 Å². The first-order valence-electron chi connectivity index (χ1n) is 7.95. The minimum Gasteiger partial charge on any atom is -0.493 e.